The number of hydrogen-bond donors (Lipinski definition) is 1. The number of carbonyl (C=O) groups is 1. The van der Waals surface area contributed by atoms with Gasteiger partial charge in [-0.15, -0.1) is 0 Å². The minimum atomic E-state index is -0.101. The largest absolute Gasteiger partial charge is 0.350 e. The highest BCUT2D eigenvalue weighted by Crippen LogP contribution is 2.26. The lowest BCUT2D eigenvalue weighted by Gasteiger charge is -2.30. The van der Waals surface area contributed by atoms with Crippen LogP contribution in [0.4, 0.5) is 0 Å². The van der Waals surface area contributed by atoms with Crippen molar-refractivity contribution in [1.82, 2.24) is 10.2 Å². The Balaban J connectivity index is 1.70. The monoisotopic (exact) mass is 362 g/mol. The molecule has 1 fully saturated rings. The minimum Gasteiger partial charge on any atom is -0.350 e. The number of nitrogens with one attached hydrogen (secondary N) is 1. The molecule has 3 nitrogen and oxygen atoms in total. The molecule has 2 heterocycles. The third kappa shape index (κ3) is 4.38. The van der Waals surface area contributed by atoms with Gasteiger partial charge in [0.15, 0.2) is 0 Å². The fourth-order valence-electron chi connectivity index (χ4n) is 3.26. The molecular weight excluding hydrogens is 340 g/mol. The van der Waals surface area contributed by atoms with E-state index >= 15 is 0 Å². The average Bonchev–Trinajstić information content (AvgIpc) is 2.98. The molecule has 1 N–H and O–H groups in total. The maximum Gasteiger partial charge on any atom is 0.252 e. The van der Waals surface area contributed by atoms with Crippen LogP contribution >= 0.6 is 22.9 Å². The predicted molar refractivity (Wildman–Crippen MR) is 101 cm³/mol. The Morgan fingerprint density at radius 2 is 1.92 bits per heavy atom. The molecule has 0 bridgehead atoms. The molecule has 1 amide bonds. The number of likely N-dealkylation sites (tertiary alicyclic amines) is 1. The Bertz CT molecular complexity index is 651. The van der Waals surface area contributed by atoms with Crippen LogP contribution in [-0.2, 0) is 0 Å². The molecule has 1 aliphatic heterocycles. The van der Waals surface area contributed by atoms with Crippen molar-refractivity contribution in [3.05, 3.63) is 57.2 Å². The molecule has 1 aromatic heterocycles. The van der Waals surface area contributed by atoms with Crippen LogP contribution < -0.4 is 5.32 Å². The summed E-state index contributed by atoms with van der Waals surface area (Å²) in [6.45, 7) is 2.81. The Morgan fingerprint density at radius 1 is 1.17 bits per heavy atom. The van der Waals surface area contributed by atoms with E-state index in [0.717, 1.165) is 13.1 Å². The second-order valence-electron chi connectivity index (χ2n) is 6.21. The van der Waals surface area contributed by atoms with Gasteiger partial charge in [-0.05, 0) is 60.5 Å². The number of amides is 1. The standard InChI is InChI=1S/C19H23ClN2OS/c20-17-8-4-3-7-16(17)19(23)21-13-18(15-9-12-24-14-15)22-10-5-1-2-6-11-22/h3-4,7-9,12,14,18H,1-2,5-6,10-11,13H2,(H,21,23). The maximum absolute atomic E-state index is 12.5. The third-order valence-corrected chi connectivity index (χ3v) is 5.61. The van der Waals surface area contributed by atoms with E-state index in [2.05, 4.69) is 27.0 Å². The van der Waals surface area contributed by atoms with Crippen LogP contribution in [0.2, 0.25) is 5.02 Å². The summed E-state index contributed by atoms with van der Waals surface area (Å²) in [4.78, 5) is 15.0. The first-order valence-corrected chi connectivity index (χ1v) is 9.86. The van der Waals surface area contributed by atoms with Crippen LogP contribution in [0.1, 0.15) is 47.6 Å². The lowest BCUT2D eigenvalue weighted by molar-refractivity contribution is 0.0933. The van der Waals surface area contributed by atoms with Crippen LogP contribution in [0, 0.1) is 0 Å². The third-order valence-electron chi connectivity index (χ3n) is 4.58. The highest BCUT2D eigenvalue weighted by Gasteiger charge is 2.23. The second kappa shape index (κ2) is 8.65. The first-order valence-electron chi connectivity index (χ1n) is 8.54. The fraction of sp³-hybridized carbons (Fsp3) is 0.421. The zero-order chi connectivity index (χ0) is 16.8. The van der Waals surface area contributed by atoms with Gasteiger partial charge in [-0.3, -0.25) is 9.69 Å². The number of nitrogens with zero attached hydrogens (tertiary/aromatic N) is 1. The zero-order valence-corrected chi connectivity index (χ0v) is 15.3. The molecular formula is C19H23ClN2OS. The molecule has 3 rings (SSSR count). The molecule has 128 valence electrons. The van der Waals surface area contributed by atoms with Gasteiger partial charge in [0.25, 0.3) is 5.91 Å². The highest BCUT2D eigenvalue weighted by molar-refractivity contribution is 7.07. The number of benzene rings is 1. The van der Waals surface area contributed by atoms with Crippen molar-refractivity contribution in [2.45, 2.75) is 31.7 Å². The lowest BCUT2D eigenvalue weighted by atomic mass is 10.1. The van der Waals surface area contributed by atoms with Crippen LogP contribution in [0.3, 0.4) is 0 Å². The van der Waals surface area contributed by atoms with E-state index in [-0.39, 0.29) is 11.9 Å². The van der Waals surface area contributed by atoms with Crippen LogP contribution in [-0.4, -0.2) is 30.4 Å². The van der Waals surface area contributed by atoms with Crippen LogP contribution in [0.15, 0.2) is 41.1 Å². The molecule has 1 aromatic carbocycles. The van der Waals surface area contributed by atoms with Crippen molar-refractivity contribution in [1.29, 1.82) is 0 Å². The smallest absolute Gasteiger partial charge is 0.252 e. The summed E-state index contributed by atoms with van der Waals surface area (Å²) in [5.41, 5.74) is 1.83. The Kier molecular flexibility index (Phi) is 6.30. The molecule has 24 heavy (non-hydrogen) atoms. The van der Waals surface area contributed by atoms with Crippen molar-refractivity contribution in [3.63, 3.8) is 0 Å². The van der Waals surface area contributed by atoms with Crippen molar-refractivity contribution >= 4 is 28.8 Å². The Hall–Kier alpha value is -1.36. The van der Waals surface area contributed by atoms with E-state index in [9.17, 15) is 4.79 Å². The van der Waals surface area contributed by atoms with Gasteiger partial charge in [0.05, 0.1) is 16.6 Å². The molecule has 0 spiro atoms. The number of hydrogen-bond acceptors (Lipinski definition) is 3. The van der Waals surface area contributed by atoms with E-state index < -0.39 is 0 Å². The molecule has 5 heteroatoms. The number of thiophene rings is 1. The Morgan fingerprint density at radius 3 is 2.58 bits per heavy atom. The van der Waals surface area contributed by atoms with E-state index in [1.165, 1.54) is 31.2 Å². The first-order chi connectivity index (χ1) is 11.8. The molecule has 1 unspecified atom stereocenters. The van der Waals surface area contributed by atoms with Gasteiger partial charge < -0.3 is 5.32 Å². The SMILES string of the molecule is O=C(NCC(c1ccsc1)N1CCCCCC1)c1ccccc1Cl. The van der Waals surface area contributed by atoms with Gasteiger partial charge in [0.2, 0.25) is 0 Å². The highest BCUT2D eigenvalue weighted by atomic mass is 35.5. The summed E-state index contributed by atoms with van der Waals surface area (Å²) < 4.78 is 0. The molecule has 1 aliphatic rings. The van der Waals surface area contributed by atoms with Crippen molar-refractivity contribution in [2.75, 3.05) is 19.6 Å². The zero-order valence-electron chi connectivity index (χ0n) is 13.7. The second-order valence-corrected chi connectivity index (χ2v) is 7.40. The topological polar surface area (TPSA) is 32.3 Å². The van der Waals surface area contributed by atoms with Crippen LogP contribution in [0.5, 0.6) is 0 Å². The molecule has 2 aromatic rings. The number of halogens is 1. The minimum absolute atomic E-state index is 0.101. The summed E-state index contributed by atoms with van der Waals surface area (Å²) in [6, 6.07) is 9.60. The van der Waals surface area contributed by atoms with E-state index in [4.69, 9.17) is 11.6 Å². The van der Waals surface area contributed by atoms with Crippen molar-refractivity contribution in [3.8, 4) is 0 Å². The summed E-state index contributed by atoms with van der Waals surface area (Å²) in [7, 11) is 0. The first kappa shape index (κ1) is 17.5. The average molecular weight is 363 g/mol. The molecule has 1 saturated heterocycles. The fourth-order valence-corrected chi connectivity index (χ4v) is 4.19. The predicted octanol–water partition coefficient (Wildman–Crippen LogP) is 4.75. The van der Waals surface area contributed by atoms with Gasteiger partial charge in [-0.1, -0.05) is 36.6 Å². The van der Waals surface area contributed by atoms with Gasteiger partial charge in [0.1, 0.15) is 0 Å². The van der Waals surface area contributed by atoms with Crippen molar-refractivity contribution < 1.29 is 4.79 Å². The van der Waals surface area contributed by atoms with Gasteiger partial charge in [-0.2, -0.15) is 11.3 Å². The summed E-state index contributed by atoms with van der Waals surface area (Å²) >= 11 is 7.84. The summed E-state index contributed by atoms with van der Waals surface area (Å²) in [5.74, 6) is -0.101. The molecule has 0 radical (unpaired) electrons. The van der Waals surface area contributed by atoms with Gasteiger partial charge in [0, 0.05) is 6.54 Å². The van der Waals surface area contributed by atoms with E-state index in [1.54, 1.807) is 23.5 Å². The quantitative estimate of drug-likeness (QED) is 0.832. The van der Waals surface area contributed by atoms with Crippen LogP contribution in [0.25, 0.3) is 0 Å². The summed E-state index contributed by atoms with van der Waals surface area (Å²) in [5, 5.41) is 7.88. The lowest BCUT2D eigenvalue weighted by Crippen LogP contribution is -2.38. The van der Waals surface area contributed by atoms with Gasteiger partial charge >= 0.3 is 0 Å². The van der Waals surface area contributed by atoms with E-state index in [0.29, 0.717) is 17.1 Å². The van der Waals surface area contributed by atoms with Crippen molar-refractivity contribution in [2.24, 2.45) is 0 Å². The van der Waals surface area contributed by atoms with E-state index in [1.807, 2.05) is 12.1 Å². The normalized spacial score (nSPS) is 17.2. The molecule has 0 saturated carbocycles. The Labute approximate surface area is 152 Å². The molecule has 1 atom stereocenters. The van der Waals surface area contributed by atoms with Gasteiger partial charge in [-0.25, -0.2) is 0 Å². The number of rotatable bonds is 5. The summed E-state index contributed by atoms with van der Waals surface area (Å²) in [6.07, 6.45) is 5.08. The number of carbonyl (C=O) groups excluding carboxylic acids is 1. The molecule has 0 aliphatic carbocycles. The maximum atomic E-state index is 12.5.